The summed E-state index contributed by atoms with van der Waals surface area (Å²) in [5, 5.41) is 0. The fraction of sp³-hybridized carbons (Fsp3) is 0.870. The third kappa shape index (κ3) is 2.76. The number of carbonyl (C=O) groups is 1. The average Bonchev–Trinajstić information content (AvgIpc) is 3.59. The van der Waals surface area contributed by atoms with Gasteiger partial charge in [-0.05, 0) is 68.1 Å². The van der Waals surface area contributed by atoms with Gasteiger partial charge in [-0.15, -0.1) is 0 Å². The first-order valence-corrected chi connectivity index (χ1v) is 13.4. The lowest BCUT2D eigenvalue weighted by atomic mass is 9.48. The van der Waals surface area contributed by atoms with Gasteiger partial charge in [-0.1, -0.05) is 25.5 Å². The molecule has 4 aliphatic carbocycles. The Labute approximate surface area is 174 Å². The van der Waals surface area contributed by atoms with E-state index in [1.165, 1.54) is 6.42 Å². The number of nitrogens with zero attached hydrogens (tertiary/aromatic N) is 2. The fourth-order valence-corrected chi connectivity index (χ4v) is 9.97. The van der Waals surface area contributed by atoms with E-state index in [1.807, 2.05) is 9.34 Å². The van der Waals surface area contributed by atoms with Gasteiger partial charge < -0.3 is 4.52 Å². The lowest BCUT2D eigenvalue weighted by molar-refractivity contribution is -0.131. The molecule has 29 heavy (non-hydrogen) atoms. The highest BCUT2D eigenvalue weighted by molar-refractivity contribution is 7.54. The third-order valence-electron chi connectivity index (χ3n) is 9.62. The van der Waals surface area contributed by atoms with Crippen LogP contribution in [0.2, 0.25) is 0 Å². The monoisotopic (exact) mass is 418 g/mol. The van der Waals surface area contributed by atoms with Crippen LogP contribution in [0.25, 0.3) is 0 Å². The van der Waals surface area contributed by atoms with Gasteiger partial charge >= 0.3 is 7.67 Å². The molecule has 0 aromatic rings. The average molecular weight is 419 g/mol. The first kappa shape index (κ1) is 19.2. The summed E-state index contributed by atoms with van der Waals surface area (Å²) < 4.78 is 23.9. The van der Waals surface area contributed by atoms with Crippen LogP contribution in [-0.4, -0.2) is 47.4 Å². The highest BCUT2D eigenvalue weighted by atomic mass is 31.2. The maximum atomic E-state index is 13.4. The van der Waals surface area contributed by atoms with Crippen molar-refractivity contribution >= 4 is 13.5 Å². The number of Topliss-reactive ketones (excluding diaryl/α,β-unsaturated/α-hetero) is 1. The van der Waals surface area contributed by atoms with Crippen molar-refractivity contribution in [1.82, 2.24) is 9.34 Å². The Morgan fingerprint density at radius 2 is 1.66 bits per heavy atom. The van der Waals surface area contributed by atoms with Gasteiger partial charge in [0, 0.05) is 38.0 Å². The molecule has 0 aromatic carbocycles. The van der Waals surface area contributed by atoms with Gasteiger partial charge in [0.1, 0.15) is 5.78 Å². The Kier molecular flexibility index (Phi) is 4.16. The van der Waals surface area contributed by atoms with Crippen molar-refractivity contribution in [2.45, 2.75) is 71.3 Å². The molecular weight excluding hydrogens is 383 g/mol. The number of hydrogen-bond acceptors (Lipinski definition) is 3. The van der Waals surface area contributed by atoms with Crippen molar-refractivity contribution in [2.75, 3.05) is 26.2 Å². The second-order valence-corrected chi connectivity index (χ2v) is 13.4. The van der Waals surface area contributed by atoms with Crippen LogP contribution in [0.15, 0.2) is 11.6 Å². The molecule has 0 unspecified atom stereocenters. The minimum Gasteiger partial charge on any atom is -0.302 e. The van der Waals surface area contributed by atoms with Crippen molar-refractivity contribution in [3.63, 3.8) is 0 Å². The number of ketones is 1. The zero-order valence-electron chi connectivity index (χ0n) is 17.9. The van der Waals surface area contributed by atoms with E-state index in [0.29, 0.717) is 23.5 Å². The molecule has 0 radical (unpaired) electrons. The largest absolute Gasteiger partial charge is 0.346 e. The highest BCUT2D eigenvalue weighted by Gasteiger charge is 2.59. The molecule has 6 aliphatic rings. The summed E-state index contributed by atoms with van der Waals surface area (Å²) in [6, 6.07) is 0. The molecule has 2 aliphatic heterocycles. The van der Waals surface area contributed by atoms with E-state index in [-0.39, 0.29) is 16.9 Å². The lowest BCUT2D eigenvalue weighted by Crippen LogP contribution is -2.50. The van der Waals surface area contributed by atoms with Crippen LogP contribution < -0.4 is 0 Å². The fourth-order valence-electron chi connectivity index (χ4n) is 7.59. The zero-order valence-corrected chi connectivity index (χ0v) is 18.8. The molecular formula is C23H35N2O3P. The Balaban J connectivity index is 1.22. The maximum absolute atomic E-state index is 13.4. The first-order chi connectivity index (χ1) is 13.8. The number of allylic oxidation sites excluding steroid dienone is 1. The van der Waals surface area contributed by atoms with Crippen molar-refractivity contribution < 1.29 is 13.9 Å². The summed E-state index contributed by atoms with van der Waals surface area (Å²) >= 11 is 0. The molecule has 2 saturated heterocycles. The zero-order chi connectivity index (χ0) is 20.0. The van der Waals surface area contributed by atoms with Gasteiger partial charge in [0.15, 0.2) is 0 Å². The molecule has 5 fully saturated rings. The normalized spacial score (nSPS) is 47.2. The predicted octanol–water partition coefficient (Wildman–Crippen LogP) is 4.64. The molecule has 0 bridgehead atoms. The Bertz CT molecular complexity index is 803. The van der Waals surface area contributed by atoms with E-state index in [0.717, 1.165) is 71.1 Å². The topological polar surface area (TPSA) is 49.4 Å². The third-order valence-corrected chi connectivity index (χ3v) is 12.4. The standard InChI is InChI=1S/C23H35N2O3P/c1-22-9-7-17(28-29(27,24-11-12-24)25-13-14-25)15-16(22)3-4-18-19-5-6-21(26)23(19,2)10-8-20(18)22/h3,17-20H,4-15H2,1-2H3/t17-,18+,19-,20-,22-,23-/m0/s1. The summed E-state index contributed by atoms with van der Waals surface area (Å²) in [5.41, 5.74) is 1.76. The second kappa shape index (κ2) is 6.28. The van der Waals surface area contributed by atoms with Gasteiger partial charge in [-0.25, -0.2) is 9.34 Å². The Morgan fingerprint density at radius 1 is 1.00 bits per heavy atom. The molecule has 3 saturated carbocycles. The van der Waals surface area contributed by atoms with Crippen molar-refractivity contribution in [1.29, 1.82) is 0 Å². The molecule has 6 heteroatoms. The molecule has 0 amide bonds. The van der Waals surface area contributed by atoms with Crippen LogP contribution >= 0.6 is 7.67 Å². The number of rotatable bonds is 4. The first-order valence-electron chi connectivity index (χ1n) is 11.9. The van der Waals surface area contributed by atoms with E-state index in [1.54, 1.807) is 5.57 Å². The van der Waals surface area contributed by atoms with E-state index in [2.05, 4.69) is 19.9 Å². The van der Waals surface area contributed by atoms with Crippen molar-refractivity contribution in [2.24, 2.45) is 28.6 Å². The second-order valence-electron chi connectivity index (χ2n) is 11.0. The van der Waals surface area contributed by atoms with E-state index < -0.39 is 7.67 Å². The molecule has 0 N–H and O–H groups in total. The molecule has 6 atom stereocenters. The summed E-state index contributed by atoms with van der Waals surface area (Å²) in [7, 11) is -2.74. The number of carbonyl (C=O) groups excluding carboxylic acids is 1. The van der Waals surface area contributed by atoms with Gasteiger partial charge in [0.25, 0.3) is 0 Å². The summed E-state index contributed by atoms with van der Waals surface area (Å²) in [6.45, 7) is 8.42. The number of hydrogen-bond donors (Lipinski definition) is 0. The van der Waals surface area contributed by atoms with E-state index >= 15 is 0 Å². The summed E-state index contributed by atoms with van der Waals surface area (Å²) in [5.74, 6) is 2.49. The van der Waals surface area contributed by atoms with E-state index in [9.17, 15) is 9.36 Å². The van der Waals surface area contributed by atoms with Crippen molar-refractivity contribution in [3.05, 3.63) is 11.6 Å². The molecule has 0 spiro atoms. The van der Waals surface area contributed by atoms with E-state index in [4.69, 9.17) is 4.52 Å². The Morgan fingerprint density at radius 3 is 2.34 bits per heavy atom. The van der Waals surface area contributed by atoms with Crippen LogP contribution in [0.3, 0.4) is 0 Å². The predicted molar refractivity (Wildman–Crippen MR) is 112 cm³/mol. The minimum absolute atomic E-state index is 0.0484. The maximum Gasteiger partial charge on any atom is 0.346 e. The van der Waals surface area contributed by atoms with Crippen LogP contribution in [0.4, 0.5) is 0 Å². The van der Waals surface area contributed by atoms with Gasteiger partial charge in [-0.2, -0.15) is 0 Å². The molecule has 160 valence electrons. The van der Waals surface area contributed by atoms with Gasteiger partial charge in [0.05, 0.1) is 6.10 Å². The van der Waals surface area contributed by atoms with Crippen LogP contribution in [0, 0.1) is 28.6 Å². The van der Waals surface area contributed by atoms with Crippen LogP contribution in [-0.2, 0) is 13.9 Å². The molecule has 6 rings (SSSR count). The summed E-state index contributed by atoms with van der Waals surface area (Å²) in [4.78, 5) is 12.6. The quantitative estimate of drug-likeness (QED) is 0.378. The number of fused-ring (bicyclic) bond motifs is 5. The lowest BCUT2D eigenvalue weighted by Gasteiger charge is -2.57. The SMILES string of the molecule is C[C@]12CC[C@H](OP(=O)(N3CC3)N3CC3)CC1=CC[C@H]1[C@@H]2CC[C@]2(C)C(=O)CC[C@@H]12. The van der Waals surface area contributed by atoms with Crippen LogP contribution in [0.1, 0.15) is 65.2 Å². The minimum atomic E-state index is -2.74. The van der Waals surface area contributed by atoms with Crippen molar-refractivity contribution in [3.8, 4) is 0 Å². The molecule has 2 heterocycles. The highest BCUT2D eigenvalue weighted by Crippen LogP contribution is 2.66. The smallest absolute Gasteiger partial charge is 0.302 e. The summed E-state index contributed by atoms with van der Waals surface area (Å²) in [6.07, 6.45) is 11.0. The Hall–Kier alpha value is -0.480. The van der Waals surface area contributed by atoms with Gasteiger partial charge in [0.2, 0.25) is 0 Å². The molecule has 5 nitrogen and oxygen atoms in total. The van der Waals surface area contributed by atoms with Gasteiger partial charge in [-0.3, -0.25) is 9.36 Å². The molecule has 0 aromatic heterocycles. The van der Waals surface area contributed by atoms with Crippen LogP contribution in [0.5, 0.6) is 0 Å².